The average molecular weight is 445 g/mol. The molecule has 6 nitrogen and oxygen atoms in total. The maximum atomic E-state index is 13.4. The molecule has 31 heavy (non-hydrogen) atoms. The standard InChI is InChI=1S/C24H32N2O4S/c1-4-23(26(31(3,28)29)21-11-8-12-22(18-21)30-2)24(27)25-15-13-20(14-16-25)17-19-9-6-5-7-10-19/h5-12,18,20,23H,4,13-17H2,1-3H3/t23-/m0/s1. The summed E-state index contributed by atoms with van der Waals surface area (Å²) in [4.78, 5) is 15.2. The van der Waals surface area contributed by atoms with Crippen molar-refractivity contribution in [3.63, 3.8) is 0 Å². The van der Waals surface area contributed by atoms with Crippen molar-refractivity contribution in [3.8, 4) is 5.75 Å². The Morgan fingerprint density at radius 1 is 1.13 bits per heavy atom. The molecule has 1 aliphatic rings. The normalized spacial score (nSPS) is 16.0. The maximum Gasteiger partial charge on any atom is 0.246 e. The van der Waals surface area contributed by atoms with Crippen LogP contribution in [-0.4, -0.2) is 51.7 Å². The van der Waals surface area contributed by atoms with Gasteiger partial charge < -0.3 is 9.64 Å². The zero-order valence-corrected chi connectivity index (χ0v) is 19.3. The summed E-state index contributed by atoms with van der Waals surface area (Å²) in [5.41, 5.74) is 1.76. The SMILES string of the molecule is CC[C@@H](C(=O)N1CCC(Cc2ccccc2)CC1)N(c1cccc(OC)c1)S(C)(=O)=O. The number of methoxy groups -OCH3 is 1. The summed E-state index contributed by atoms with van der Waals surface area (Å²) in [5.74, 6) is 0.958. The molecule has 2 aromatic carbocycles. The zero-order valence-electron chi connectivity index (χ0n) is 18.5. The van der Waals surface area contributed by atoms with Crippen LogP contribution < -0.4 is 9.04 Å². The zero-order chi connectivity index (χ0) is 22.4. The minimum absolute atomic E-state index is 0.131. The lowest BCUT2D eigenvalue weighted by Crippen LogP contribution is -2.52. The van der Waals surface area contributed by atoms with E-state index >= 15 is 0 Å². The molecule has 0 spiro atoms. The largest absolute Gasteiger partial charge is 0.497 e. The molecule has 0 bridgehead atoms. The lowest BCUT2D eigenvalue weighted by Gasteiger charge is -2.37. The Bertz CT molecular complexity index is 970. The molecule has 1 saturated heterocycles. The van der Waals surface area contributed by atoms with Crippen molar-refractivity contribution in [2.24, 2.45) is 5.92 Å². The molecule has 0 unspecified atom stereocenters. The van der Waals surface area contributed by atoms with Crippen LogP contribution in [0.5, 0.6) is 5.75 Å². The highest BCUT2D eigenvalue weighted by Gasteiger charge is 2.35. The summed E-state index contributed by atoms with van der Waals surface area (Å²) in [5, 5.41) is 0. The van der Waals surface area contributed by atoms with Crippen molar-refractivity contribution >= 4 is 21.6 Å². The summed E-state index contributed by atoms with van der Waals surface area (Å²) in [7, 11) is -2.13. The number of likely N-dealkylation sites (tertiary alicyclic amines) is 1. The molecule has 1 fully saturated rings. The smallest absolute Gasteiger partial charge is 0.246 e. The maximum absolute atomic E-state index is 13.4. The second kappa shape index (κ2) is 10.2. The molecular formula is C24H32N2O4S. The molecule has 7 heteroatoms. The van der Waals surface area contributed by atoms with Gasteiger partial charge in [0.1, 0.15) is 11.8 Å². The number of piperidine rings is 1. The summed E-state index contributed by atoms with van der Waals surface area (Å²) >= 11 is 0. The minimum atomic E-state index is -3.66. The van der Waals surface area contributed by atoms with Gasteiger partial charge in [-0.2, -0.15) is 0 Å². The van der Waals surface area contributed by atoms with Gasteiger partial charge in [0.25, 0.3) is 0 Å². The van der Waals surface area contributed by atoms with Gasteiger partial charge >= 0.3 is 0 Å². The summed E-state index contributed by atoms with van der Waals surface area (Å²) in [6.07, 6.45) is 4.41. The Morgan fingerprint density at radius 2 is 1.81 bits per heavy atom. The number of hydrogen-bond donors (Lipinski definition) is 0. The fourth-order valence-corrected chi connectivity index (χ4v) is 5.50. The van der Waals surface area contributed by atoms with Crippen molar-refractivity contribution < 1.29 is 17.9 Å². The van der Waals surface area contributed by atoms with Crippen LogP contribution >= 0.6 is 0 Å². The second-order valence-corrected chi connectivity index (χ2v) is 10.0. The molecule has 0 saturated carbocycles. The van der Waals surface area contributed by atoms with Crippen LogP contribution in [0.1, 0.15) is 31.7 Å². The van der Waals surface area contributed by atoms with Gasteiger partial charge in [-0.25, -0.2) is 8.42 Å². The molecule has 1 atom stereocenters. The third-order valence-electron chi connectivity index (χ3n) is 5.91. The van der Waals surface area contributed by atoms with Crippen molar-refractivity contribution in [1.29, 1.82) is 0 Å². The van der Waals surface area contributed by atoms with E-state index in [2.05, 4.69) is 24.3 Å². The third kappa shape index (κ3) is 5.79. The van der Waals surface area contributed by atoms with E-state index in [9.17, 15) is 13.2 Å². The average Bonchev–Trinajstić information content (AvgIpc) is 2.77. The van der Waals surface area contributed by atoms with Gasteiger partial charge in [0, 0.05) is 19.2 Å². The number of rotatable bonds is 8. The van der Waals surface area contributed by atoms with Crippen molar-refractivity contribution in [2.45, 2.75) is 38.6 Å². The van der Waals surface area contributed by atoms with E-state index in [4.69, 9.17) is 4.74 Å². The number of anilines is 1. The molecular weight excluding hydrogens is 412 g/mol. The van der Waals surface area contributed by atoms with Crippen molar-refractivity contribution in [3.05, 3.63) is 60.2 Å². The van der Waals surface area contributed by atoms with E-state index in [0.717, 1.165) is 25.5 Å². The highest BCUT2D eigenvalue weighted by molar-refractivity contribution is 7.92. The van der Waals surface area contributed by atoms with Crippen LogP contribution in [0, 0.1) is 5.92 Å². The highest BCUT2D eigenvalue weighted by atomic mass is 32.2. The van der Waals surface area contributed by atoms with Gasteiger partial charge in [0.2, 0.25) is 15.9 Å². The van der Waals surface area contributed by atoms with E-state index in [0.29, 0.717) is 36.9 Å². The molecule has 0 aliphatic carbocycles. The predicted octanol–water partition coefficient (Wildman–Crippen LogP) is 3.72. The minimum Gasteiger partial charge on any atom is -0.497 e. The van der Waals surface area contributed by atoms with E-state index in [1.807, 2.05) is 17.9 Å². The molecule has 0 aromatic heterocycles. The summed E-state index contributed by atoms with van der Waals surface area (Å²) in [6, 6.07) is 16.5. The Labute approximate surface area is 185 Å². The monoisotopic (exact) mass is 444 g/mol. The molecule has 1 amide bonds. The first-order chi connectivity index (χ1) is 14.8. The molecule has 168 valence electrons. The predicted molar refractivity (Wildman–Crippen MR) is 124 cm³/mol. The van der Waals surface area contributed by atoms with E-state index in [-0.39, 0.29) is 5.91 Å². The van der Waals surface area contributed by atoms with E-state index < -0.39 is 16.1 Å². The number of hydrogen-bond acceptors (Lipinski definition) is 4. The topological polar surface area (TPSA) is 66.9 Å². The van der Waals surface area contributed by atoms with Gasteiger partial charge in [0.05, 0.1) is 19.1 Å². The van der Waals surface area contributed by atoms with E-state index in [1.54, 1.807) is 24.3 Å². The van der Waals surface area contributed by atoms with Crippen LogP contribution in [0.25, 0.3) is 0 Å². The van der Waals surface area contributed by atoms with Crippen molar-refractivity contribution in [2.75, 3.05) is 30.8 Å². The molecule has 1 heterocycles. The number of nitrogens with zero attached hydrogens (tertiary/aromatic N) is 2. The van der Waals surface area contributed by atoms with Gasteiger partial charge in [-0.05, 0) is 49.3 Å². The Hall–Kier alpha value is -2.54. The van der Waals surface area contributed by atoms with Gasteiger partial charge in [-0.1, -0.05) is 43.3 Å². The van der Waals surface area contributed by atoms with Gasteiger partial charge in [0.15, 0.2) is 0 Å². The van der Waals surface area contributed by atoms with Crippen LogP contribution in [0.4, 0.5) is 5.69 Å². The first-order valence-corrected chi connectivity index (χ1v) is 12.6. The molecule has 1 aliphatic heterocycles. The third-order valence-corrected chi connectivity index (χ3v) is 7.09. The number of amides is 1. The van der Waals surface area contributed by atoms with Gasteiger partial charge in [-0.3, -0.25) is 9.10 Å². The van der Waals surface area contributed by atoms with Crippen LogP contribution in [0.2, 0.25) is 0 Å². The molecule has 0 radical (unpaired) electrons. The first-order valence-electron chi connectivity index (χ1n) is 10.8. The van der Waals surface area contributed by atoms with Crippen molar-refractivity contribution in [1.82, 2.24) is 4.90 Å². The summed E-state index contributed by atoms with van der Waals surface area (Å²) < 4.78 is 31.9. The number of carbonyl (C=O) groups excluding carboxylic acids is 1. The fraction of sp³-hybridized carbons (Fsp3) is 0.458. The van der Waals surface area contributed by atoms with Crippen LogP contribution in [-0.2, 0) is 21.2 Å². The molecule has 2 aromatic rings. The molecule has 3 rings (SSSR count). The van der Waals surface area contributed by atoms with E-state index in [1.165, 1.54) is 17.0 Å². The Morgan fingerprint density at radius 3 is 2.39 bits per heavy atom. The van der Waals surface area contributed by atoms with Crippen LogP contribution in [0.3, 0.4) is 0 Å². The number of carbonyl (C=O) groups is 1. The molecule has 0 N–H and O–H groups in total. The Balaban J connectivity index is 1.73. The quantitative estimate of drug-likeness (QED) is 0.622. The lowest BCUT2D eigenvalue weighted by molar-refractivity contribution is -0.133. The Kier molecular flexibility index (Phi) is 7.59. The second-order valence-electron chi connectivity index (χ2n) is 8.14. The number of benzene rings is 2. The van der Waals surface area contributed by atoms with Crippen LogP contribution in [0.15, 0.2) is 54.6 Å². The number of sulfonamides is 1. The van der Waals surface area contributed by atoms with Gasteiger partial charge in [-0.15, -0.1) is 0 Å². The summed E-state index contributed by atoms with van der Waals surface area (Å²) in [6.45, 7) is 3.16. The number of ether oxygens (including phenoxy) is 1. The lowest BCUT2D eigenvalue weighted by atomic mass is 9.90. The highest BCUT2D eigenvalue weighted by Crippen LogP contribution is 2.28. The first kappa shape index (κ1) is 23.1. The fourth-order valence-electron chi connectivity index (χ4n) is 4.31.